The molecule has 1 aromatic heterocycles. The summed E-state index contributed by atoms with van der Waals surface area (Å²) in [7, 11) is 0. The minimum Gasteiger partial charge on any atom is -0.267 e. The second kappa shape index (κ2) is 8.90. The highest BCUT2D eigenvalue weighted by Gasteiger charge is 2.10. The average molecular weight is 381 g/mol. The monoisotopic (exact) mass is 381 g/mol. The van der Waals surface area contributed by atoms with Crippen molar-refractivity contribution >= 4 is 11.8 Å². The van der Waals surface area contributed by atoms with Gasteiger partial charge >= 0.3 is 0 Å². The number of nitrogens with one attached hydrogen (secondary N) is 2. The van der Waals surface area contributed by atoms with Crippen molar-refractivity contribution in [1.29, 1.82) is 0 Å². The number of halogens is 1. The molecule has 0 aliphatic carbocycles. The van der Waals surface area contributed by atoms with E-state index in [1.807, 2.05) is 6.20 Å². The number of rotatable bonds is 6. The van der Waals surface area contributed by atoms with Crippen molar-refractivity contribution in [2.45, 2.75) is 26.2 Å². The summed E-state index contributed by atoms with van der Waals surface area (Å²) in [6.07, 6.45) is 4.89. The first-order valence-electron chi connectivity index (χ1n) is 8.94. The molecule has 2 aromatic carbocycles. The fourth-order valence-corrected chi connectivity index (χ4v) is 2.55. The van der Waals surface area contributed by atoms with E-state index in [4.69, 9.17) is 0 Å². The van der Waals surface area contributed by atoms with Crippen LogP contribution in [0.4, 0.5) is 4.39 Å². The smallest absolute Gasteiger partial charge is 0.267 e. The zero-order chi connectivity index (χ0) is 19.9. The number of benzene rings is 2. The highest BCUT2D eigenvalue weighted by Crippen LogP contribution is 2.10. The van der Waals surface area contributed by atoms with Crippen LogP contribution in [-0.4, -0.2) is 26.8 Å². The Balaban J connectivity index is 1.59. The van der Waals surface area contributed by atoms with Crippen LogP contribution in [0.25, 0.3) is 5.69 Å². The molecule has 0 aliphatic heterocycles. The molecule has 0 fully saturated rings. The van der Waals surface area contributed by atoms with Crippen LogP contribution in [0, 0.1) is 5.82 Å². The number of nitrogens with zero attached hydrogens (tertiary/aromatic N) is 3. The predicted molar refractivity (Wildman–Crippen MR) is 101 cm³/mol. The van der Waals surface area contributed by atoms with E-state index >= 15 is 0 Å². The fourth-order valence-electron chi connectivity index (χ4n) is 2.55. The van der Waals surface area contributed by atoms with E-state index in [0.717, 1.165) is 36.7 Å². The summed E-state index contributed by atoms with van der Waals surface area (Å²) in [6.45, 7) is 2.12. The Labute approximate surface area is 161 Å². The van der Waals surface area contributed by atoms with Gasteiger partial charge in [-0.25, -0.2) is 9.07 Å². The molecule has 2 amide bonds. The van der Waals surface area contributed by atoms with Crippen LogP contribution in [-0.2, 0) is 6.42 Å². The largest absolute Gasteiger partial charge is 0.269 e. The number of aromatic nitrogens is 3. The Kier molecular flexibility index (Phi) is 6.11. The lowest BCUT2D eigenvalue weighted by Gasteiger charge is -2.08. The van der Waals surface area contributed by atoms with Crippen molar-refractivity contribution in [3.05, 3.63) is 77.4 Å². The number of hydrazine groups is 1. The average Bonchev–Trinajstić information content (AvgIpc) is 3.19. The first-order chi connectivity index (χ1) is 13.6. The second-order valence-electron chi connectivity index (χ2n) is 6.22. The fraction of sp³-hybridized carbons (Fsp3) is 0.200. The Morgan fingerprint density at radius 1 is 1.04 bits per heavy atom. The molecular formula is C20H20FN5O2. The van der Waals surface area contributed by atoms with Gasteiger partial charge in [-0.2, -0.15) is 0 Å². The molecule has 0 radical (unpaired) electrons. The van der Waals surface area contributed by atoms with E-state index in [1.165, 1.54) is 18.2 Å². The standard InChI is InChI=1S/C20H20FN5O2/c1-2-3-7-17-13-26(25-22-17)18-10-8-14(9-11-18)19(27)23-24-20(28)15-5-4-6-16(21)12-15/h4-6,8-13H,2-3,7H2,1H3,(H,23,27)(H,24,28). The Morgan fingerprint density at radius 3 is 2.43 bits per heavy atom. The van der Waals surface area contributed by atoms with Crippen molar-refractivity contribution in [3.8, 4) is 5.69 Å². The third kappa shape index (κ3) is 4.79. The summed E-state index contributed by atoms with van der Waals surface area (Å²) in [5.74, 6) is -1.62. The molecule has 3 aromatic rings. The van der Waals surface area contributed by atoms with Crippen molar-refractivity contribution in [1.82, 2.24) is 25.8 Å². The van der Waals surface area contributed by atoms with Crippen LogP contribution in [0.15, 0.2) is 54.7 Å². The molecule has 2 N–H and O–H groups in total. The van der Waals surface area contributed by atoms with Crippen LogP contribution in [0.5, 0.6) is 0 Å². The number of hydrogen-bond donors (Lipinski definition) is 2. The summed E-state index contributed by atoms with van der Waals surface area (Å²) in [6, 6.07) is 11.9. The van der Waals surface area contributed by atoms with E-state index in [1.54, 1.807) is 28.9 Å². The van der Waals surface area contributed by atoms with E-state index in [2.05, 4.69) is 28.1 Å². The first kappa shape index (κ1) is 19.2. The summed E-state index contributed by atoms with van der Waals surface area (Å²) >= 11 is 0. The van der Waals surface area contributed by atoms with E-state index in [0.29, 0.717) is 5.56 Å². The maximum atomic E-state index is 13.2. The zero-order valence-corrected chi connectivity index (χ0v) is 15.4. The molecule has 7 nitrogen and oxygen atoms in total. The van der Waals surface area contributed by atoms with E-state index < -0.39 is 17.6 Å². The van der Waals surface area contributed by atoms with Crippen LogP contribution >= 0.6 is 0 Å². The molecule has 0 bridgehead atoms. The van der Waals surface area contributed by atoms with Crippen molar-refractivity contribution in [2.24, 2.45) is 0 Å². The van der Waals surface area contributed by atoms with Gasteiger partial charge in [0, 0.05) is 11.1 Å². The molecule has 0 atom stereocenters. The van der Waals surface area contributed by atoms with Crippen molar-refractivity contribution in [2.75, 3.05) is 0 Å². The van der Waals surface area contributed by atoms with Gasteiger partial charge in [0.2, 0.25) is 0 Å². The molecule has 8 heteroatoms. The van der Waals surface area contributed by atoms with Crippen LogP contribution < -0.4 is 10.9 Å². The summed E-state index contributed by atoms with van der Waals surface area (Å²) in [5.41, 5.74) is 6.73. The number of carbonyl (C=O) groups excluding carboxylic acids is 2. The van der Waals surface area contributed by atoms with Gasteiger partial charge < -0.3 is 0 Å². The molecule has 144 valence electrons. The lowest BCUT2D eigenvalue weighted by molar-refractivity contribution is 0.0846. The molecule has 1 heterocycles. The van der Waals surface area contributed by atoms with Gasteiger partial charge in [-0.1, -0.05) is 24.6 Å². The maximum absolute atomic E-state index is 13.2. The Hall–Kier alpha value is -3.55. The van der Waals surface area contributed by atoms with Gasteiger partial charge in [-0.15, -0.1) is 5.10 Å². The topological polar surface area (TPSA) is 88.9 Å². The third-order valence-corrected chi connectivity index (χ3v) is 4.10. The van der Waals surface area contributed by atoms with Crippen LogP contribution in [0.2, 0.25) is 0 Å². The first-order valence-corrected chi connectivity index (χ1v) is 8.94. The Bertz CT molecular complexity index is 969. The van der Waals surface area contributed by atoms with Gasteiger partial charge in [-0.3, -0.25) is 20.4 Å². The van der Waals surface area contributed by atoms with E-state index in [9.17, 15) is 14.0 Å². The molecule has 0 saturated carbocycles. The molecular weight excluding hydrogens is 361 g/mol. The van der Waals surface area contributed by atoms with Crippen molar-refractivity contribution < 1.29 is 14.0 Å². The molecule has 3 rings (SSSR count). The second-order valence-corrected chi connectivity index (χ2v) is 6.22. The lowest BCUT2D eigenvalue weighted by Crippen LogP contribution is -2.41. The van der Waals surface area contributed by atoms with Gasteiger partial charge in [0.05, 0.1) is 17.6 Å². The van der Waals surface area contributed by atoms with Crippen LogP contribution in [0.1, 0.15) is 46.2 Å². The quantitative estimate of drug-likeness (QED) is 0.643. The van der Waals surface area contributed by atoms with Gasteiger partial charge in [0.1, 0.15) is 5.82 Å². The van der Waals surface area contributed by atoms with Crippen molar-refractivity contribution in [3.63, 3.8) is 0 Å². The normalized spacial score (nSPS) is 10.5. The molecule has 0 unspecified atom stereocenters. The summed E-state index contributed by atoms with van der Waals surface area (Å²) < 4.78 is 14.8. The number of unbranched alkanes of at least 4 members (excludes halogenated alkanes) is 1. The van der Waals surface area contributed by atoms with E-state index in [-0.39, 0.29) is 5.56 Å². The predicted octanol–water partition coefficient (Wildman–Crippen LogP) is 2.82. The molecule has 0 saturated heterocycles. The van der Waals surface area contributed by atoms with Gasteiger partial charge in [-0.05, 0) is 55.3 Å². The molecule has 28 heavy (non-hydrogen) atoms. The highest BCUT2D eigenvalue weighted by molar-refractivity contribution is 5.99. The number of carbonyl (C=O) groups is 2. The zero-order valence-electron chi connectivity index (χ0n) is 15.4. The minimum absolute atomic E-state index is 0.112. The minimum atomic E-state index is -0.605. The van der Waals surface area contributed by atoms with Crippen LogP contribution in [0.3, 0.4) is 0 Å². The number of hydrogen-bond acceptors (Lipinski definition) is 4. The summed E-state index contributed by atoms with van der Waals surface area (Å²) in [4.78, 5) is 24.1. The lowest BCUT2D eigenvalue weighted by atomic mass is 10.2. The number of aryl methyl sites for hydroxylation is 1. The SMILES string of the molecule is CCCCc1cn(-c2ccc(C(=O)NNC(=O)c3cccc(F)c3)cc2)nn1. The van der Waals surface area contributed by atoms with Gasteiger partial charge in [0.15, 0.2) is 0 Å². The maximum Gasteiger partial charge on any atom is 0.269 e. The number of amides is 2. The molecule has 0 aliphatic rings. The van der Waals surface area contributed by atoms with Gasteiger partial charge in [0.25, 0.3) is 11.8 Å². The highest BCUT2D eigenvalue weighted by atomic mass is 19.1. The Morgan fingerprint density at radius 2 is 1.75 bits per heavy atom. The third-order valence-electron chi connectivity index (χ3n) is 4.10. The summed E-state index contributed by atoms with van der Waals surface area (Å²) in [5, 5.41) is 8.22. The molecule has 0 spiro atoms.